The van der Waals surface area contributed by atoms with Gasteiger partial charge in [0.05, 0.1) is 5.69 Å². The molecular weight excluding hydrogens is 422 g/mol. The molecule has 1 unspecified atom stereocenters. The van der Waals surface area contributed by atoms with Crippen LogP contribution in [0.1, 0.15) is 30.1 Å². The molecule has 0 amide bonds. The maximum atomic E-state index is 12.8. The Hall–Kier alpha value is -3.77. The second kappa shape index (κ2) is 8.88. The van der Waals surface area contributed by atoms with Crippen molar-refractivity contribution in [2.24, 2.45) is 0 Å². The van der Waals surface area contributed by atoms with Crippen LogP contribution in [0.2, 0.25) is 0 Å². The SMILES string of the molecule is O=c1[nH]c(C2CCCN(CCc3ccc4ccccc4c3)C2)nn1-c1cccc2cnccc12. The molecule has 0 spiro atoms. The number of hydrogen-bond donors (Lipinski definition) is 1. The van der Waals surface area contributed by atoms with E-state index in [0.717, 1.165) is 61.2 Å². The van der Waals surface area contributed by atoms with E-state index in [1.807, 2.05) is 30.5 Å². The summed E-state index contributed by atoms with van der Waals surface area (Å²) in [5, 5.41) is 9.29. The van der Waals surface area contributed by atoms with Crippen LogP contribution in [0.25, 0.3) is 27.2 Å². The molecule has 1 N–H and O–H groups in total. The quantitative estimate of drug-likeness (QED) is 0.423. The van der Waals surface area contributed by atoms with Crippen molar-refractivity contribution in [3.63, 3.8) is 0 Å². The van der Waals surface area contributed by atoms with Crippen LogP contribution >= 0.6 is 0 Å². The lowest BCUT2D eigenvalue weighted by Crippen LogP contribution is -2.36. The van der Waals surface area contributed by atoms with E-state index >= 15 is 0 Å². The van der Waals surface area contributed by atoms with Crippen LogP contribution in [0.15, 0.2) is 83.9 Å². The Balaban J connectivity index is 1.19. The summed E-state index contributed by atoms with van der Waals surface area (Å²) >= 11 is 0. The predicted octanol–water partition coefficient (Wildman–Crippen LogP) is 4.68. The average Bonchev–Trinajstić information content (AvgIpc) is 3.28. The van der Waals surface area contributed by atoms with E-state index in [2.05, 4.69) is 57.3 Å². The van der Waals surface area contributed by atoms with Gasteiger partial charge in [0.25, 0.3) is 0 Å². The molecule has 1 aliphatic rings. The van der Waals surface area contributed by atoms with Crippen molar-refractivity contribution in [1.29, 1.82) is 0 Å². The molecule has 3 aromatic carbocycles. The third-order valence-corrected chi connectivity index (χ3v) is 6.94. The van der Waals surface area contributed by atoms with Crippen LogP contribution in [0.4, 0.5) is 0 Å². The molecule has 1 fully saturated rings. The molecular formula is C28H27N5O. The van der Waals surface area contributed by atoms with Gasteiger partial charge in [-0.3, -0.25) is 9.97 Å². The van der Waals surface area contributed by atoms with Gasteiger partial charge in [0, 0.05) is 42.2 Å². The molecule has 3 heterocycles. The van der Waals surface area contributed by atoms with E-state index in [1.54, 1.807) is 6.20 Å². The highest BCUT2D eigenvalue weighted by atomic mass is 16.1. The van der Waals surface area contributed by atoms with Gasteiger partial charge >= 0.3 is 5.69 Å². The highest BCUT2D eigenvalue weighted by Crippen LogP contribution is 2.26. The second-order valence-electron chi connectivity index (χ2n) is 9.17. The van der Waals surface area contributed by atoms with Gasteiger partial charge in [-0.25, -0.2) is 4.79 Å². The number of rotatable bonds is 5. The van der Waals surface area contributed by atoms with Gasteiger partial charge in [-0.15, -0.1) is 5.10 Å². The van der Waals surface area contributed by atoms with Crippen molar-refractivity contribution >= 4 is 21.5 Å². The van der Waals surface area contributed by atoms with Gasteiger partial charge in [0.1, 0.15) is 5.82 Å². The number of H-pyrrole nitrogens is 1. The fraction of sp³-hybridized carbons (Fsp3) is 0.250. The lowest BCUT2D eigenvalue weighted by atomic mass is 9.97. The summed E-state index contributed by atoms with van der Waals surface area (Å²) < 4.78 is 1.51. The number of aromatic amines is 1. The molecule has 2 aromatic heterocycles. The van der Waals surface area contributed by atoms with Crippen molar-refractivity contribution in [3.8, 4) is 5.69 Å². The van der Waals surface area contributed by atoms with Crippen LogP contribution in [-0.4, -0.2) is 44.3 Å². The zero-order chi connectivity index (χ0) is 22.9. The Kier molecular flexibility index (Phi) is 5.43. The molecule has 0 saturated carbocycles. The molecule has 34 heavy (non-hydrogen) atoms. The van der Waals surface area contributed by atoms with Crippen LogP contribution in [0, 0.1) is 0 Å². The van der Waals surface area contributed by atoms with E-state index in [9.17, 15) is 4.79 Å². The molecule has 1 saturated heterocycles. The topological polar surface area (TPSA) is 66.8 Å². The van der Waals surface area contributed by atoms with E-state index in [4.69, 9.17) is 5.10 Å². The lowest BCUT2D eigenvalue weighted by Gasteiger charge is -2.31. The standard InChI is InChI=1S/C28H27N5O/c34-28-30-27(31-33(28)26-9-3-7-23-18-29-14-12-25(23)26)24-8-4-15-32(19-24)16-13-20-10-11-21-5-1-2-6-22(21)17-20/h1-3,5-7,9-12,14,17-18,24H,4,8,13,15-16,19H2,(H,30,31,34). The number of nitrogens with zero attached hydrogens (tertiary/aromatic N) is 4. The van der Waals surface area contributed by atoms with Gasteiger partial charge in [-0.2, -0.15) is 4.68 Å². The predicted molar refractivity (Wildman–Crippen MR) is 136 cm³/mol. The lowest BCUT2D eigenvalue weighted by molar-refractivity contribution is 0.206. The molecule has 170 valence electrons. The molecule has 0 aliphatic carbocycles. The fourth-order valence-corrected chi connectivity index (χ4v) is 5.14. The summed E-state index contributed by atoms with van der Waals surface area (Å²) in [7, 11) is 0. The number of fused-ring (bicyclic) bond motifs is 2. The molecule has 1 aliphatic heterocycles. The third-order valence-electron chi connectivity index (χ3n) is 6.94. The average molecular weight is 450 g/mol. The summed E-state index contributed by atoms with van der Waals surface area (Å²) in [6, 6.07) is 23.1. The number of pyridine rings is 1. The van der Waals surface area contributed by atoms with Crippen LogP contribution in [0.3, 0.4) is 0 Å². The minimum Gasteiger partial charge on any atom is -0.302 e. The number of nitrogens with one attached hydrogen (secondary N) is 1. The minimum absolute atomic E-state index is 0.187. The molecule has 6 nitrogen and oxygen atoms in total. The summed E-state index contributed by atoms with van der Waals surface area (Å²) in [4.78, 5) is 22.6. The summed E-state index contributed by atoms with van der Waals surface area (Å²) in [6.45, 7) is 3.02. The first-order valence-electron chi connectivity index (χ1n) is 12.0. The number of hydrogen-bond acceptors (Lipinski definition) is 4. The van der Waals surface area contributed by atoms with E-state index in [1.165, 1.54) is 21.0 Å². The van der Waals surface area contributed by atoms with Crippen molar-refractivity contribution in [1.82, 2.24) is 24.6 Å². The Morgan fingerprint density at radius 1 is 0.971 bits per heavy atom. The largest absolute Gasteiger partial charge is 0.348 e. The molecule has 5 aromatic rings. The van der Waals surface area contributed by atoms with Gasteiger partial charge in [0.2, 0.25) is 0 Å². The Morgan fingerprint density at radius 3 is 2.79 bits per heavy atom. The van der Waals surface area contributed by atoms with Gasteiger partial charge in [-0.05, 0) is 54.3 Å². The number of likely N-dealkylation sites (tertiary alicyclic amines) is 1. The summed E-state index contributed by atoms with van der Waals surface area (Å²) in [5.41, 5.74) is 1.97. The third kappa shape index (κ3) is 4.01. The van der Waals surface area contributed by atoms with Crippen molar-refractivity contribution in [2.75, 3.05) is 19.6 Å². The van der Waals surface area contributed by atoms with Crippen LogP contribution in [0.5, 0.6) is 0 Å². The van der Waals surface area contributed by atoms with E-state index in [-0.39, 0.29) is 11.6 Å². The molecule has 6 heteroatoms. The maximum absolute atomic E-state index is 12.8. The van der Waals surface area contributed by atoms with Crippen molar-refractivity contribution < 1.29 is 0 Å². The van der Waals surface area contributed by atoms with Gasteiger partial charge in [-0.1, -0.05) is 54.6 Å². The normalized spacial score (nSPS) is 16.9. The molecule has 1 atom stereocenters. The first-order chi connectivity index (χ1) is 16.7. The molecule has 0 radical (unpaired) electrons. The first kappa shape index (κ1) is 20.8. The Morgan fingerprint density at radius 2 is 1.85 bits per heavy atom. The van der Waals surface area contributed by atoms with Gasteiger partial charge < -0.3 is 4.90 Å². The Bertz CT molecular complexity index is 1510. The summed E-state index contributed by atoms with van der Waals surface area (Å²) in [5.74, 6) is 1.02. The zero-order valence-corrected chi connectivity index (χ0v) is 19.0. The minimum atomic E-state index is -0.187. The van der Waals surface area contributed by atoms with Crippen LogP contribution < -0.4 is 5.69 Å². The van der Waals surface area contributed by atoms with Gasteiger partial charge in [0.15, 0.2) is 0 Å². The highest BCUT2D eigenvalue weighted by molar-refractivity contribution is 5.89. The number of piperidine rings is 1. The highest BCUT2D eigenvalue weighted by Gasteiger charge is 2.25. The molecule has 6 rings (SSSR count). The smallest absolute Gasteiger partial charge is 0.302 e. The van der Waals surface area contributed by atoms with Crippen molar-refractivity contribution in [3.05, 3.63) is 101 Å². The second-order valence-corrected chi connectivity index (χ2v) is 9.17. The monoisotopic (exact) mass is 449 g/mol. The molecule has 0 bridgehead atoms. The van der Waals surface area contributed by atoms with Crippen molar-refractivity contribution in [2.45, 2.75) is 25.2 Å². The number of benzene rings is 3. The summed E-state index contributed by atoms with van der Waals surface area (Å²) in [6.07, 6.45) is 6.73. The zero-order valence-electron chi connectivity index (χ0n) is 19.0. The fourth-order valence-electron chi connectivity index (χ4n) is 5.14. The van der Waals surface area contributed by atoms with E-state index in [0.29, 0.717) is 0 Å². The van der Waals surface area contributed by atoms with E-state index < -0.39 is 0 Å². The van der Waals surface area contributed by atoms with Crippen LogP contribution in [-0.2, 0) is 6.42 Å². The Labute approximate surface area is 197 Å². The number of aromatic nitrogens is 4. The first-order valence-corrected chi connectivity index (χ1v) is 12.0. The maximum Gasteiger partial charge on any atom is 0.348 e.